The van der Waals surface area contributed by atoms with E-state index in [2.05, 4.69) is 59.9 Å². The van der Waals surface area contributed by atoms with Gasteiger partial charge in [-0.25, -0.2) is 0 Å². The molecule has 4 heterocycles. The van der Waals surface area contributed by atoms with Crippen LogP contribution in [0, 0.1) is 50.2 Å². The van der Waals surface area contributed by atoms with Crippen LogP contribution in [-0.2, 0) is 42.7 Å². The summed E-state index contributed by atoms with van der Waals surface area (Å²) in [4.78, 5) is 26.3. The Labute approximate surface area is 393 Å². The molecule has 0 aromatic rings. The molecule has 4 saturated heterocycles. The number of nitrogens with one attached hydrogen (secondary N) is 1. The zero-order chi connectivity index (χ0) is 48.7. The Bertz CT molecular complexity index is 1930. The summed E-state index contributed by atoms with van der Waals surface area (Å²) in [5.41, 5.74) is -0.837. The summed E-state index contributed by atoms with van der Waals surface area (Å²) in [6.45, 7) is 18.0. The Balaban J connectivity index is 0.930. The lowest BCUT2D eigenvalue weighted by molar-refractivity contribution is -0.361. The van der Waals surface area contributed by atoms with Crippen molar-refractivity contribution in [1.29, 1.82) is 0 Å². The summed E-state index contributed by atoms with van der Waals surface area (Å²) < 4.78 is 42.5. The topological polar surface area (TPSA) is 273 Å². The SMILES string of the molecule is CC(=O)NC1C(OC2CCC3(C)C(CCC4(C)C3CC=C3C5CC(C)(C)C6CC5(C(=O)O6)C(O)CC34C)C2(C)C)OC(COC2OC(C)C(O)C(O)C2OC2OCC(O)C(O)C2O)C(O)C1O. The predicted molar refractivity (Wildman–Crippen MR) is 234 cm³/mol. The highest BCUT2D eigenvalue weighted by molar-refractivity contribution is 5.82. The van der Waals surface area contributed by atoms with Crippen LogP contribution in [0.4, 0.5) is 0 Å². The number of carbonyl (C=O) groups is 2. The number of hydrogen-bond donors (Lipinski definition) is 9. The smallest absolute Gasteiger partial charge is 0.315 e. The number of aliphatic hydroxyl groups is 8. The van der Waals surface area contributed by atoms with Gasteiger partial charge in [0.2, 0.25) is 5.91 Å². The summed E-state index contributed by atoms with van der Waals surface area (Å²) in [5, 5.41) is 90.5. The van der Waals surface area contributed by atoms with Gasteiger partial charge in [0.25, 0.3) is 0 Å². The average molecular weight is 952 g/mol. The second kappa shape index (κ2) is 17.1. The van der Waals surface area contributed by atoms with Crippen LogP contribution in [0.15, 0.2) is 11.6 Å². The first-order valence-corrected chi connectivity index (χ1v) is 24.7. The zero-order valence-corrected chi connectivity index (χ0v) is 40.4. The third-order valence-electron chi connectivity index (χ3n) is 19.7. The quantitative estimate of drug-likeness (QED) is 0.0931. The summed E-state index contributed by atoms with van der Waals surface area (Å²) >= 11 is 0. The third kappa shape index (κ3) is 7.54. The molecular formula is C49H77NO17. The molecule has 0 aromatic heterocycles. The highest BCUT2D eigenvalue weighted by atomic mass is 16.8. The number of carbonyl (C=O) groups excluding carboxylic acids is 2. The molecule has 18 nitrogen and oxygen atoms in total. The van der Waals surface area contributed by atoms with Crippen molar-refractivity contribution in [3.63, 3.8) is 0 Å². The fourth-order valence-corrected chi connectivity index (χ4v) is 15.6. The minimum absolute atomic E-state index is 0.0782. The van der Waals surface area contributed by atoms with Gasteiger partial charge in [-0.3, -0.25) is 9.59 Å². The lowest BCUT2D eigenvalue weighted by Crippen LogP contribution is -2.68. The number of rotatable bonds is 8. The molecule has 9 aliphatic rings. The van der Waals surface area contributed by atoms with Gasteiger partial charge in [-0.2, -0.15) is 0 Å². The van der Waals surface area contributed by atoms with E-state index < -0.39 is 122 Å². The Morgan fingerprint density at radius 1 is 0.791 bits per heavy atom. The van der Waals surface area contributed by atoms with E-state index in [1.165, 1.54) is 19.4 Å². The van der Waals surface area contributed by atoms with Crippen LogP contribution in [0.1, 0.15) is 114 Å². The van der Waals surface area contributed by atoms with Gasteiger partial charge in [0.15, 0.2) is 18.9 Å². The van der Waals surface area contributed by atoms with E-state index in [9.17, 15) is 50.4 Å². The van der Waals surface area contributed by atoms with Gasteiger partial charge in [-0.1, -0.05) is 60.1 Å². The van der Waals surface area contributed by atoms with Crippen molar-refractivity contribution in [2.45, 2.75) is 218 Å². The first-order valence-electron chi connectivity index (χ1n) is 24.7. The fraction of sp³-hybridized carbons (Fsp3) is 0.918. The van der Waals surface area contributed by atoms with Gasteiger partial charge in [-0.15, -0.1) is 0 Å². The van der Waals surface area contributed by atoms with Crippen molar-refractivity contribution >= 4 is 11.9 Å². The molecule has 4 aliphatic heterocycles. The second-order valence-electron chi connectivity index (χ2n) is 24.0. The van der Waals surface area contributed by atoms with Crippen molar-refractivity contribution in [1.82, 2.24) is 5.32 Å². The maximum absolute atomic E-state index is 13.8. The minimum atomic E-state index is -1.71. The number of hydrogen-bond acceptors (Lipinski definition) is 17. The first-order chi connectivity index (χ1) is 31.2. The molecule has 9 rings (SSSR count). The summed E-state index contributed by atoms with van der Waals surface area (Å²) in [6, 6.07) is -1.16. The summed E-state index contributed by atoms with van der Waals surface area (Å²) in [6.07, 6.45) is -11.8. The molecule has 8 fully saturated rings. The number of esters is 1. The highest BCUT2D eigenvalue weighted by Gasteiger charge is 2.74. The highest BCUT2D eigenvalue weighted by Crippen LogP contribution is 2.76. The Morgan fingerprint density at radius 2 is 1.51 bits per heavy atom. The number of allylic oxidation sites excluding steroid dienone is 2. The molecule has 4 saturated carbocycles. The third-order valence-corrected chi connectivity index (χ3v) is 19.7. The van der Waals surface area contributed by atoms with Gasteiger partial charge in [-0.05, 0) is 91.3 Å². The Kier molecular flexibility index (Phi) is 12.8. The molecule has 0 aromatic carbocycles. The summed E-state index contributed by atoms with van der Waals surface area (Å²) in [7, 11) is 0. The zero-order valence-electron chi connectivity index (χ0n) is 40.4. The molecule has 0 radical (unpaired) electrons. The van der Waals surface area contributed by atoms with E-state index in [0.717, 1.165) is 32.1 Å². The van der Waals surface area contributed by atoms with Crippen LogP contribution in [0.2, 0.25) is 0 Å². The van der Waals surface area contributed by atoms with Crippen molar-refractivity contribution in [3.8, 4) is 0 Å². The molecule has 24 atom stereocenters. The van der Waals surface area contributed by atoms with Crippen molar-refractivity contribution in [3.05, 3.63) is 11.6 Å². The predicted octanol–water partition coefficient (Wildman–Crippen LogP) is 0.938. The van der Waals surface area contributed by atoms with Crippen LogP contribution < -0.4 is 5.32 Å². The van der Waals surface area contributed by atoms with E-state index in [0.29, 0.717) is 19.3 Å². The van der Waals surface area contributed by atoms with Gasteiger partial charge >= 0.3 is 5.97 Å². The van der Waals surface area contributed by atoms with Gasteiger partial charge < -0.3 is 79.3 Å². The number of ether oxygens (including phenoxy) is 7. The number of aliphatic hydroxyl groups excluding tert-OH is 8. The molecular weight excluding hydrogens is 875 g/mol. The van der Waals surface area contributed by atoms with E-state index in [1.54, 1.807) is 0 Å². The van der Waals surface area contributed by atoms with Crippen LogP contribution >= 0.6 is 0 Å². The van der Waals surface area contributed by atoms with E-state index in [-0.39, 0.29) is 58.1 Å². The monoisotopic (exact) mass is 952 g/mol. The molecule has 24 unspecified atom stereocenters. The van der Waals surface area contributed by atoms with Crippen LogP contribution in [0.25, 0.3) is 0 Å². The second-order valence-corrected chi connectivity index (χ2v) is 24.0. The minimum Gasteiger partial charge on any atom is -0.461 e. The molecule has 5 aliphatic carbocycles. The fourth-order valence-electron chi connectivity index (χ4n) is 15.6. The molecule has 67 heavy (non-hydrogen) atoms. The maximum atomic E-state index is 13.8. The van der Waals surface area contributed by atoms with Gasteiger partial charge in [0, 0.05) is 18.8 Å². The molecule has 1 spiro atoms. The molecule has 1 amide bonds. The first kappa shape index (κ1) is 50.1. The molecule has 18 heteroatoms. The number of fused-ring (bicyclic) bond motifs is 7. The van der Waals surface area contributed by atoms with E-state index in [4.69, 9.17) is 33.2 Å². The van der Waals surface area contributed by atoms with Crippen LogP contribution in [-0.4, -0.2) is 170 Å². The van der Waals surface area contributed by atoms with Crippen molar-refractivity contribution in [2.75, 3.05) is 13.2 Å². The van der Waals surface area contributed by atoms with Crippen LogP contribution in [0.5, 0.6) is 0 Å². The van der Waals surface area contributed by atoms with Gasteiger partial charge in [0.1, 0.15) is 72.5 Å². The van der Waals surface area contributed by atoms with Crippen molar-refractivity contribution in [2.24, 2.45) is 50.2 Å². The molecule has 2 bridgehead atoms. The average Bonchev–Trinajstić information content (AvgIpc) is 3.58. The number of amides is 1. The largest absolute Gasteiger partial charge is 0.461 e. The normalized spacial score (nSPS) is 54.3. The van der Waals surface area contributed by atoms with Crippen LogP contribution in [0.3, 0.4) is 0 Å². The van der Waals surface area contributed by atoms with E-state index >= 15 is 0 Å². The van der Waals surface area contributed by atoms with Gasteiger partial charge in [0.05, 0.1) is 31.5 Å². The molecule has 380 valence electrons. The van der Waals surface area contributed by atoms with E-state index in [1.807, 2.05) is 0 Å². The molecule has 9 N–H and O–H groups in total. The Hall–Kier alpha value is -1.88. The summed E-state index contributed by atoms with van der Waals surface area (Å²) in [5.74, 6) is -0.325. The lowest BCUT2D eigenvalue weighted by atomic mass is 9.33. The maximum Gasteiger partial charge on any atom is 0.315 e. The lowest BCUT2D eigenvalue weighted by Gasteiger charge is -2.71. The standard InChI is InChI=1S/C49H77NO17/c1-21-33(54)37(58)39(67-41-38(59)34(55)25(52)19-61-41)42(63-21)62-20-26-35(56)36(57)32(50-22(2)51)40(64-26)65-30-13-14-46(7)27(45(30,5)6)12-15-47(8)28(46)11-10-23-24-16-44(3,4)31-18-49(24,43(60)66-31)29(53)17-48(23,47)9/h10,21,24-42,52-59H,11-20H2,1-9H3,(H,50,51). The van der Waals surface area contributed by atoms with Crippen molar-refractivity contribution < 1.29 is 83.6 Å². The Morgan fingerprint density at radius 3 is 2.21 bits per heavy atom.